The van der Waals surface area contributed by atoms with Crippen molar-refractivity contribution < 1.29 is 14.6 Å². The van der Waals surface area contributed by atoms with E-state index in [-0.39, 0.29) is 11.6 Å². The summed E-state index contributed by atoms with van der Waals surface area (Å²) in [5.41, 5.74) is 8.74. The van der Waals surface area contributed by atoms with Gasteiger partial charge in [-0.3, -0.25) is 0 Å². The summed E-state index contributed by atoms with van der Waals surface area (Å²) in [6.07, 6.45) is 0. The summed E-state index contributed by atoms with van der Waals surface area (Å²) in [7, 11) is 0. The molecule has 0 bridgehead atoms. The Balaban J connectivity index is 1.65. The Hall–Kier alpha value is -2.60. The number of phenolic OH excluding ortho intramolecular Hbond substituents is 1. The van der Waals surface area contributed by atoms with E-state index in [2.05, 4.69) is 28.7 Å². The Morgan fingerprint density at radius 2 is 1.94 bits per heavy atom. The second-order valence-corrected chi connectivity index (χ2v) is 8.87. The van der Waals surface area contributed by atoms with Gasteiger partial charge in [-0.1, -0.05) is 41.4 Å². The van der Waals surface area contributed by atoms with Gasteiger partial charge in [0.15, 0.2) is 0 Å². The van der Waals surface area contributed by atoms with Gasteiger partial charge in [-0.2, -0.15) is 5.26 Å². The highest BCUT2D eigenvalue weighted by molar-refractivity contribution is 14.1. The number of phenols is 1. The minimum absolute atomic E-state index is 0.0262. The molecule has 1 heterocycles. The van der Waals surface area contributed by atoms with E-state index in [4.69, 9.17) is 38.4 Å². The van der Waals surface area contributed by atoms with E-state index in [1.165, 1.54) is 6.07 Å². The predicted molar refractivity (Wildman–Crippen MR) is 127 cm³/mol. The average molecular weight is 565 g/mol. The van der Waals surface area contributed by atoms with Crippen LogP contribution in [0.1, 0.15) is 22.6 Å². The molecule has 0 fully saturated rings. The molecule has 1 aliphatic heterocycles. The number of nitrogens with zero attached hydrogens (tertiary/aromatic N) is 1. The van der Waals surface area contributed by atoms with Crippen LogP contribution in [0.4, 0.5) is 0 Å². The summed E-state index contributed by atoms with van der Waals surface area (Å²) in [4.78, 5) is 0. The number of ether oxygens (including phenoxy) is 2. The van der Waals surface area contributed by atoms with Gasteiger partial charge in [0, 0.05) is 27.2 Å². The van der Waals surface area contributed by atoms with Crippen LogP contribution in [-0.4, -0.2) is 5.11 Å². The molecule has 0 aromatic heterocycles. The van der Waals surface area contributed by atoms with Crippen molar-refractivity contribution in [1.82, 2.24) is 0 Å². The number of benzene rings is 3. The lowest BCUT2D eigenvalue weighted by molar-refractivity contribution is 0.304. The summed E-state index contributed by atoms with van der Waals surface area (Å²) >= 11 is 14.4. The molecule has 0 aliphatic carbocycles. The maximum Gasteiger partial charge on any atom is 0.205 e. The fourth-order valence-electron chi connectivity index (χ4n) is 3.39. The summed E-state index contributed by atoms with van der Waals surface area (Å²) in [6, 6.07) is 17.9. The third kappa shape index (κ3) is 4.40. The van der Waals surface area contributed by atoms with Gasteiger partial charge in [-0.25, -0.2) is 0 Å². The highest BCUT2D eigenvalue weighted by Crippen LogP contribution is 2.44. The smallest absolute Gasteiger partial charge is 0.205 e. The molecular weight excluding hydrogens is 550 g/mol. The van der Waals surface area contributed by atoms with Crippen LogP contribution in [0.5, 0.6) is 17.2 Å². The number of rotatable bonds is 4. The first-order valence-electron chi connectivity index (χ1n) is 9.14. The fourth-order valence-corrected chi connectivity index (χ4v) is 4.55. The second kappa shape index (κ2) is 8.87. The molecule has 0 saturated carbocycles. The van der Waals surface area contributed by atoms with Crippen LogP contribution in [0.15, 0.2) is 66.1 Å². The van der Waals surface area contributed by atoms with Crippen molar-refractivity contribution in [2.75, 3.05) is 0 Å². The lowest BCUT2D eigenvalue weighted by Crippen LogP contribution is -2.21. The molecule has 3 aromatic carbocycles. The van der Waals surface area contributed by atoms with Crippen molar-refractivity contribution in [1.29, 1.82) is 5.26 Å². The minimum atomic E-state index is -0.414. The summed E-state index contributed by atoms with van der Waals surface area (Å²) in [6.45, 7) is 0.293. The molecule has 4 rings (SSSR count). The molecule has 1 atom stereocenters. The van der Waals surface area contributed by atoms with E-state index in [1.54, 1.807) is 24.3 Å². The molecule has 5 nitrogen and oxygen atoms in total. The van der Waals surface area contributed by atoms with Gasteiger partial charge in [0.1, 0.15) is 35.5 Å². The zero-order valence-corrected chi connectivity index (χ0v) is 19.6. The number of allylic oxidation sites excluding steroid dienone is 1. The number of aromatic hydroxyl groups is 1. The Morgan fingerprint density at radius 1 is 1.13 bits per heavy atom. The quantitative estimate of drug-likeness (QED) is 0.374. The maximum absolute atomic E-state index is 9.79. The first-order chi connectivity index (χ1) is 14.9. The highest BCUT2D eigenvalue weighted by atomic mass is 127. The summed E-state index contributed by atoms with van der Waals surface area (Å²) in [5, 5.41) is 20.6. The zero-order chi connectivity index (χ0) is 22.1. The molecule has 0 spiro atoms. The number of fused-ring (bicyclic) bond motifs is 1. The maximum atomic E-state index is 9.79. The zero-order valence-electron chi connectivity index (χ0n) is 15.9. The van der Waals surface area contributed by atoms with Crippen molar-refractivity contribution >= 4 is 45.8 Å². The molecule has 0 unspecified atom stereocenters. The van der Waals surface area contributed by atoms with Crippen molar-refractivity contribution in [2.24, 2.45) is 5.73 Å². The van der Waals surface area contributed by atoms with Gasteiger partial charge >= 0.3 is 0 Å². The van der Waals surface area contributed by atoms with Crippen molar-refractivity contribution in [3.63, 3.8) is 0 Å². The predicted octanol–water partition coefficient (Wildman–Crippen LogP) is 6.10. The van der Waals surface area contributed by atoms with E-state index < -0.39 is 5.92 Å². The number of hydrogen-bond acceptors (Lipinski definition) is 5. The Bertz CT molecular complexity index is 1250. The van der Waals surface area contributed by atoms with Gasteiger partial charge in [-0.05, 0) is 58.5 Å². The molecule has 1 aliphatic rings. The lowest BCUT2D eigenvalue weighted by Gasteiger charge is -2.26. The molecule has 8 heteroatoms. The first kappa shape index (κ1) is 21.6. The van der Waals surface area contributed by atoms with Crippen LogP contribution < -0.4 is 15.2 Å². The van der Waals surface area contributed by atoms with Gasteiger partial charge < -0.3 is 20.3 Å². The fraction of sp³-hybridized carbons (Fsp3) is 0.0870. The van der Waals surface area contributed by atoms with Crippen LogP contribution in [0.25, 0.3) is 0 Å². The average Bonchev–Trinajstić information content (AvgIpc) is 2.72. The minimum Gasteiger partial charge on any atom is -0.508 e. The van der Waals surface area contributed by atoms with E-state index in [9.17, 15) is 10.4 Å². The van der Waals surface area contributed by atoms with Crippen molar-refractivity contribution in [3.8, 4) is 23.3 Å². The first-order valence-corrected chi connectivity index (χ1v) is 11.0. The normalized spacial score (nSPS) is 15.1. The molecule has 156 valence electrons. The highest BCUT2D eigenvalue weighted by Gasteiger charge is 2.31. The number of halogens is 3. The van der Waals surface area contributed by atoms with Crippen LogP contribution in [0.3, 0.4) is 0 Å². The standard InChI is InChI=1S/C23H15Cl2IN2O3/c24-14-3-1-13(18(25)8-14)11-30-20-6-2-12(7-19(20)26)22-16-5-4-15(29)9-21(16)31-23(28)17(22)10-27/h1-9,22,29H,11,28H2/t22-/m0/s1. The monoisotopic (exact) mass is 564 g/mol. The Morgan fingerprint density at radius 3 is 2.65 bits per heavy atom. The van der Waals surface area contributed by atoms with Gasteiger partial charge in [0.25, 0.3) is 0 Å². The summed E-state index contributed by atoms with van der Waals surface area (Å²) < 4.78 is 12.4. The van der Waals surface area contributed by atoms with Crippen LogP contribution in [-0.2, 0) is 6.61 Å². The number of hydrogen-bond donors (Lipinski definition) is 2. The van der Waals surface area contributed by atoms with Crippen LogP contribution in [0.2, 0.25) is 10.0 Å². The van der Waals surface area contributed by atoms with Gasteiger partial charge in [-0.15, -0.1) is 0 Å². The largest absolute Gasteiger partial charge is 0.508 e. The molecule has 31 heavy (non-hydrogen) atoms. The molecule has 0 radical (unpaired) electrons. The van der Waals surface area contributed by atoms with Gasteiger partial charge in [0.2, 0.25) is 5.88 Å². The van der Waals surface area contributed by atoms with E-state index >= 15 is 0 Å². The van der Waals surface area contributed by atoms with E-state index in [1.807, 2.05) is 24.3 Å². The lowest BCUT2D eigenvalue weighted by atomic mass is 9.83. The summed E-state index contributed by atoms with van der Waals surface area (Å²) in [5.74, 6) is 0.781. The molecule has 0 saturated heterocycles. The van der Waals surface area contributed by atoms with Crippen molar-refractivity contribution in [3.05, 3.63) is 96.4 Å². The molecular formula is C23H15Cl2IN2O3. The SMILES string of the molecule is N#CC1=C(N)Oc2cc(O)ccc2[C@@H]1c1ccc(OCc2ccc(Cl)cc2Cl)c(I)c1. The van der Waals surface area contributed by atoms with Crippen molar-refractivity contribution in [2.45, 2.75) is 12.5 Å². The molecule has 3 aromatic rings. The Labute approximate surface area is 202 Å². The molecule has 3 N–H and O–H groups in total. The van der Waals surface area contributed by atoms with E-state index in [0.29, 0.717) is 33.7 Å². The number of nitriles is 1. The third-order valence-electron chi connectivity index (χ3n) is 4.89. The van der Waals surface area contributed by atoms with Crippen LogP contribution in [0, 0.1) is 14.9 Å². The Kier molecular flexibility index (Phi) is 6.19. The third-order valence-corrected chi connectivity index (χ3v) is 6.32. The number of nitrogens with two attached hydrogens (primary N) is 1. The van der Waals surface area contributed by atoms with E-state index in [0.717, 1.165) is 20.3 Å². The topological polar surface area (TPSA) is 88.5 Å². The van der Waals surface area contributed by atoms with Crippen LogP contribution >= 0.6 is 45.8 Å². The molecule has 0 amide bonds. The van der Waals surface area contributed by atoms with Gasteiger partial charge in [0.05, 0.1) is 9.49 Å². The second-order valence-electron chi connectivity index (χ2n) is 6.86.